The second-order valence-corrected chi connectivity index (χ2v) is 5.83. The van der Waals surface area contributed by atoms with Crippen molar-refractivity contribution < 1.29 is 10.0 Å². The molecule has 0 amide bonds. The number of benzene rings is 1. The van der Waals surface area contributed by atoms with Gasteiger partial charge < -0.3 is 5.11 Å². The molecular weight excluding hydrogens is 332 g/mol. The van der Waals surface area contributed by atoms with Gasteiger partial charge in [-0.2, -0.15) is 0 Å². The molecule has 0 aliphatic carbocycles. The topological polar surface area (TPSA) is 92.4 Å². The van der Waals surface area contributed by atoms with Crippen LogP contribution in [0.1, 0.15) is 17.0 Å². The molecule has 0 bridgehead atoms. The third-order valence-corrected chi connectivity index (χ3v) is 3.90. The van der Waals surface area contributed by atoms with Gasteiger partial charge in [0, 0.05) is 37.6 Å². The summed E-state index contributed by atoms with van der Waals surface area (Å²) < 4.78 is 0. The molecule has 0 aliphatic heterocycles. The maximum atomic E-state index is 11.3. The molecule has 0 saturated heterocycles. The number of rotatable bonds is 7. The SMILES string of the molecule is O=[N+]([O-])c1c(O)cccc1CN(Cc1ccccn1)Cc1ccccn1. The van der Waals surface area contributed by atoms with E-state index in [0.717, 1.165) is 11.4 Å². The van der Waals surface area contributed by atoms with Gasteiger partial charge in [0.25, 0.3) is 0 Å². The average Bonchev–Trinajstić information content (AvgIpc) is 2.63. The van der Waals surface area contributed by atoms with Crippen molar-refractivity contribution in [3.63, 3.8) is 0 Å². The highest BCUT2D eigenvalue weighted by Crippen LogP contribution is 2.30. The number of hydrogen-bond acceptors (Lipinski definition) is 6. The minimum atomic E-state index is -0.551. The van der Waals surface area contributed by atoms with Crippen LogP contribution < -0.4 is 0 Å². The number of pyridine rings is 2. The fourth-order valence-electron chi connectivity index (χ4n) is 2.77. The Balaban J connectivity index is 1.88. The molecule has 0 radical (unpaired) electrons. The molecule has 0 spiro atoms. The van der Waals surface area contributed by atoms with Crippen molar-refractivity contribution in [2.75, 3.05) is 0 Å². The Kier molecular flexibility index (Phi) is 5.50. The molecule has 1 N–H and O–H groups in total. The Morgan fingerprint density at radius 3 is 2.00 bits per heavy atom. The summed E-state index contributed by atoms with van der Waals surface area (Å²) >= 11 is 0. The molecule has 0 unspecified atom stereocenters. The number of phenols is 1. The van der Waals surface area contributed by atoms with Crippen LogP contribution in [0.15, 0.2) is 67.0 Å². The molecule has 26 heavy (non-hydrogen) atoms. The molecule has 0 saturated carbocycles. The first-order valence-corrected chi connectivity index (χ1v) is 8.11. The molecule has 7 heteroatoms. The molecule has 2 heterocycles. The molecule has 132 valence electrons. The van der Waals surface area contributed by atoms with Crippen LogP contribution in [0.3, 0.4) is 0 Å². The number of aromatic nitrogens is 2. The normalized spacial score (nSPS) is 10.8. The average molecular weight is 350 g/mol. The van der Waals surface area contributed by atoms with E-state index in [1.807, 2.05) is 41.3 Å². The van der Waals surface area contributed by atoms with Crippen molar-refractivity contribution in [1.82, 2.24) is 14.9 Å². The van der Waals surface area contributed by atoms with E-state index in [9.17, 15) is 15.2 Å². The zero-order chi connectivity index (χ0) is 18.4. The van der Waals surface area contributed by atoms with Crippen molar-refractivity contribution in [1.29, 1.82) is 0 Å². The zero-order valence-corrected chi connectivity index (χ0v) is 14.0. The van der Waals surface area contributed by atoms with E-state index in [1.165, 1.54) is 6.07 Å². The molecule has 3 rings (SSSR count). The van der Waals surface area contributed by atoms with Crippen LogP contribution in [-0.4, -0.2) is 24.9 Å². The minimum Gasteiger partial charge on any atom is -0.502 e. The van der Waals surface area contributed by atoms with Crippen molar-refractivity contribution >= 4 is 5.69 Å². The standard InChI is InChI=1S/C19H18N4O3/c24-18-9-5-6-15(19(18)23(25)26)12-22(13-16-7-1-3-10-20-16)14-17-8-2-4-11-21-17/h1-11,24H,12-14H2. The predicted molar refractivity (Wildman–Crippen MR) is 96.2 cm³/mol. The summed E-state index contributed by atoms with van der Waals surface area (Å²) in [6, 6.07) is 15.9. The minimum absolute atomic E-state index is 0.264. The summed E-state index contributed by atoms with van der Waals surface area (Å²) in [6.45, 7) is 1.30. The summed E-state index contributed by atoms with van der Waals surface area (Å²) in [4.78, 5) is 21.5. The van der Waals surface area contributed by atoms with Gasteiger partial charge in [-0.3, -0.25) is 25.0 Å². The first-order valence-electron chi connectivity index (χ1n) is 8.11. The van der Waals surface area contributed by atoms with E-state index in [-0.39, 0.29) is 18.0 Å². The lowest BCUT2D eigenvalue weighted by atomic mass is 10.1. The number of aromatic hydroxyl groups is 1. The van der Waals surface area contributed by atoms with Crippen molar-refractivity contribution in [3.05, 3.63) is 94.1 Å². The quantitative estimate of drug-likeness (QED) is 0.519. The van der Waals surface area contributed by atoms with Gasteiger partial charge in [-0.05, 0) is 30.3 Å². The third-order valence-electron chi connectivity index (χ3n) is 3.90. The summed E-state index contributed by atoms with van der Waals surface area (Å²) in [7, 11) is 0. The van der Waals surface area contributed by atoms with Crippen LogP contribution in [0, 0.1) is 10.1 Å². The molecule has 0 fully saturated rings. The van der Waals surface area contributed by atoms with E-state index >= 15 is 0 Å². The Labute approximate surface area is 150 Å². The molecule has 0 atom stereocenters. The maximum absolute atomic E-state index is 11.3. The first-order chi connectivity index (χ1) is 12.6. The number of para-hydroxylation sites is 1. The fraction of sp³-hybridized carbons (Fsp3) is 0.158. The summed E-state index contributed by atoms with van der Waals surface area (Å²) in [5, 5.41) is 21.2. The van der Waals surface area contributed by atoms with Gasteiger partial charge >= 0.3 is 5.69 Å². The molecule has 1 aromatic carbocycles. The van der Waals surface area contributed by atoms with Gasteiger partial charge in [-0.1, -0.05) is 24.3 Å². The monoisotopic (exact) mass is 350 g/mol. The second-order valence-electron chi connectivity index (χ2n) is 5.83. The number of nitrogens with zero attached hydrogens (tertiary/aromatic N) is 4. The molecular formula is C19H18N4O3. The van der Waals surface area contributed by atoms with E-state index in [2.05, 4.69) is 9.97 Å². The Morgan fingerprint density at radius 1 is 0.885 bits per heavy atom. The van der Waals surface area contributed by atoms with E-state index in [1.54, 1.807) is 24.5 Å². The van der Waals surface area contributed by atoms with E-state index < -0.39 is 4.92 Å². The first kappa shape index (κ1) is 17.5. The Hall–Kier alpha value is -3.32. The lowest BCUT2D eigenvalue weighted by molar-refractivity contribution is -0.386. The summed E-state index contributed by atoms with van der Waals surface area (Å²) in [5.74, 6) is -0.330. The second kappa shape index (κ2) is 8.17. The highest BCUT2D eigenvalue weighted by molar-refractivity contribution is 5.51. The largest absolute Gasteiger partial charge is 0.502 e. The van der Waals surface area contributed by atoms with Gasteiger partial charge in [0.1, 0.15) is 0 Å². The number of hydrogen-bond donors (Lipinski definition) is 1. The summed E-state index contributed by atoms with van der Waals surface area (Å²) in [5.41, 5.74) is 1.89. The van der Waals surface area contributed by atoms with Crippen molar-refractivity contribution in [2.24, 2.45) is 0 Å². The molecule has 2 aromatic heterocycles. The smallest absolute Gasteiger partial charge is 0.315 e. The van der Waals surface area contributed by atoms with Crippen LogP contribution in [0.25, 0.3) is 0 Å². The number of nitro groups is 1. The van der Waals surface area contributed by atoms with E-state index in [4.69, 9.17) is 0 Å². The van der Waals surface area contributed by atoms with E-state index in [0.29, 0.717) is 18.7 Å². The van der Waals surface area contributed by atoms with Crippen LogP contribution in [0.2, 0.25) is 0 Å². The highest BCUT2D eigenvalue weighted by atomic mass is 16.6. The molecule has 3 aromatic rings. The zero-order valence-electron chi connectivity index (χ0n) is 14.0. The predicted octanol–water partition coefficient (Wildman–Crippen LogP) is 3.29. The van der Waals surface area contributed by atoms with Gasteiger partial charge in [0.05, 0.1) is 16.3 Å². The summed E-state index contributed by atoms with van der Waals surface area (Å²) in [6.07, 6.45) is 3.43. The van der Waals surface area contributed by atoms with Crippen LogP contribution in [0.4, 0.5) is 5.69 Å². The maximum Gasteiger partial charge on any atom is 0.315 e. The van der Waals surface area contributed by atoms with Gasteiger partial charge in [0.15, 0.2) is 5.75 Å². The number of nitro benzene ring substituents is 1. The van der Waals surface area contributed by atoms with Gasteiger partial charge in [0.2, 0.25) is 0 Å². The lowest BCUT2D eigenvalue weighted by Gasteiger charge is -2.21. The van der Waals surface area contributed by atoms with Crippen LogP contribution >= 0.6 is 0 Å². The molecule has 0 aliphatic rings. The van der Waals surface area contributed by atoms with Gasteiger partial charge in [-0.15, -0.1) is 0 Å². The van der Waals surface area contributed by atoms with Crippen molar-refractivity contribution in [2.45, 2.75) is 19.6 Å². The molecule has 7 nitrogen and oxygen atoms in total. The Morgan fingerprint density at radius 2 is 1.50 bits per heavy atom. The number of phenolic OH excluding ortho intramolecular Hbond substituents is 1. The highest BCUT2D eigenvalue weighted by Gasteiger charge is 2.21. The van der Waals surface area contributed by atoms with Crippen LogP contribution in [-0.2, 0) is 19.6 Å². The van der Waals surface area contributed by atoms with Crippen molar-refractivity contribution in [3.8, 4) is 5.75 Å². The van der Waals surface area contributed by atoms with Gasteiger partial charge in [-0.25, -0.2) is 0 Å². The lowest BCUT2D eigenvalue weighted by Crippen LogP contribution is -2.24. The Bertz CT molecular complexity index is 831. The van der Waals surface area contributed by atoms with Crippen LogP contribution in [0.5, 0.6) is 5.75 Å². The fourth-order valence-corrected chi connectivity index (χ4v) is 2.77. The third kappa shape index (κ3) is 4.40.